The summed E-state index contributed by atoms with van der Waals surface area (Å²) >= 11 is 0. The normalized spacial score (nSPS) is 5.62. The molecule has 0 aromatic rings. The van der Waals surface area contributed by atoms with Gasteiger partial charge in [0.25, 0.3) is 0 Å². The van der Waals surface area contributed by atoms with Gasteiger partial charge >= 0.3 is 26.2 Å². The minimum atomic E-state index is -1.75. The zero-order chi connectivity index (χ0) is 13.4. The fourth-order valence-electron chi connectivity index (χ4n) is 0. The first kappa shape index (κ1) is 29.3. The summed E-state index contributed by atoms with van der Waals surface area (Å²) in [5.41, 5.74) is 0. The van der Waals surface area contributed by atoms with Gasteiger partial charge in [0.2, 0.25) is 0 Å². The Morgan fingerprint density at radius 3 is 0.812 bits per heavy atom. The second kappa shape index (κ2) is 29.2. The van der Waals surface area contributed by atoms with E-state index in [0.717, 1.165) is 0 Å². The smallest absolute Gasteiger partial charge is 0.397 e. The van der Waals surface area contributed by atoms with Crippen molar-refractivity contribution in [2.24, 2.45) is 0 Å². The molecule has 0 aliphatic heterocycles. The molecule has 1 N–H and O–H groups in total. The van der Waals surface area contributed by atoms with Crippen molar-refractivity contribution >= 4 is 26.2 Å². The SMILES string of the molecule is CCO.O=[N+]([O-])[O-].O=[N+]([O-])[O-].O=[N+]([O-])[O-].[Bi+3]. The van der Waals surface area contributed by atoms with Gasteiger partial charge in [0.05, 0.1) is 15.3 Å². The first-order chi connectivity index (χ1) is 6.61. The number of hydrogen-bond donors (Lipinski definition) is 1. The quantitative estimate of drug-likeness (QED) is 0.272. The third kappa shape index (κ3) is 672. The molecule has 94 valence electrons. The van der Waals surface area contributed by atoms with Gasteiger partial charge in [-0.3, -0.25) is 0 Å². The van der Waals surface area contributed by atoms with E-state index in [9.17, 15) is 0 Å². The predicted octanol–water partition coefficient (Wildman–Crippen LogP) is -1.10. The van der Waals surface area contributed by atoms with Crippen molar-refractivity contribution in [3.05, 3.63) is 46.0 Å². The van der Waals surface area contributed by atoms with E-state index < -0.39 is 15.3 Å². The molecular formula is C2H6BiN3O10. The molecule has 0 saturated carbocycles. The topological polar surface area (TPSA) is 219 Å². The van der Waals surface area contributed by atoms with Crippen LogP contribution < -0.4 is 0 Å². The van der Waals surface area contributed by atoms with Gasteiger partial charge in [0, 0.05) is 6.61 Å². The van der Waals surface area contributed by atoms with Crippen molar-refractivity contribution in [1.29, 1.82) is 0 Å². The molecule has 2 radical (unpaired) electrons. The van der Waals surface area contributed by atoms with E-state index in [4.69, 9.17) is 51.1 Å². The van der Waals surface area contributed by atoms with Crippen LogP contribution in [-0.4, -0.2) is 53.2 Å². The fourth-order valence-corrected chi connectivity index (χ4v) is 0. The van der Waals surface area contributed by atoms with E-state index in [-0.39, 0.29) is 32.8 Å². The molecule has 0 atom stereocenters. The van der Waals surface area contributed by atoms with Crippen LogP contribution in [0.15, 0.2) is 0 Å². The predicted molar refractivity (Wildman–Crippen MR) is 49.6 cm³/mol. The van der Waals surface area contributed by atoms with Gasteiger partial charge < -0.3 is 51.1 Å². The summed E-state index contributed by atoms with van der Waals surface area (Å²) in [7, 11) is 0. The molecule has 0 spiro atoms. The van der Waals surface area contributed by atoms with Crippen LogP contribution in [-0.2, 0) is 0 Å². The Balaban J connectivity index is -0.0000000331. The Bertz CT molecular complexity index is 133. The molecule has 0 bridgehead atoms. The average Bonchev–Trinajstić information content (AvgIpc) is 1.81. The van der Waals surface area contributed by atoms with Crippen molar-refractivity contribution in [3.8, 4) is 0 Å². The first-order valence-electron chi connectivity index (χ1n) is 2.67. The molecule has 14 heteroatoms. The molecule has 13 nitrogen and oxygen atoms in total. The maximum Gasteiger partial charge on any atom is 3.00 e. The maximum absolute atomic E-state index is 8.25. The van der Waals surface area contributed by atoms with Crippen molar-refractivity contribution in [2.75, 3.05) is 6.61 Å². The van der Waals surface area contributed by atoms with E-state index in [1.54, 1.807) is 6.92 Å². The Morgan fingerprint density at radius 1 is 0.812 bits per heavy atom. The van der Waals surface area contributed by atoms with E-state index in [1.165, 1.54) is 0 Å². The van der Waals surface area contributed by atoms with Crippen molar-refractivity contribution < 1.29 is 20.4 Å². The Kier molecular flexibility index (Phi) is 53.4. The van der Waals surface area contributed by atoms with Crippen LogP contribution in [0.4, 0.5) is 0 Å². The number of rotatable bonds is 0. The number of hydrogen-bond acceptors (Lipinski definition) is 10. The molecule has 0 aromatic carbocycles. The molecule has 0 rings (SSSR count). The number of aliphatic hydroxyl groups is 1. The second-order valence-corrected chi connectivity index (χ2v) is 0.987. The molecule has 0 saturated heterocycles. The van der Waals surface area contributed by atoms with E-state index in [0.29, 0.717) is 0 Å². The molecule has 0 heterocycles. The molecule has 0 aromatic heterocycles. The van der Waals surface area contributed by atoms with Gasteiger partial charge in [-0.1, -0.05) is 0 Å². The zero-order valence-corrected chi connectivity index (χ0v) is 11.1. The zero-order valence-electron chi connectivity index (χ0n) is 7.62. The van der Waals surface area contributed by atoms with Crippen LogP contribution in [0.3, 0.4) is 0 Å². The monoisotopic (exact) mass is 441 g/mol. The van der Waals surface area contributed by atoms with Gasteiger partial charge in [0.1, 0.15) is 0 Å². The molecule has 0 aliphatic rings. The third-order valence-corrected chi connectivity index (χ3v) is 0. The summed E-state index contributed by atoms with van der Waals surface area (Å²) in [5, 5.41) is 51.8. The van der Waals surface area contributed by atoms with Crippen LogP contribution in [0.2, 0.25) is 0 Å². The van der Waals surface area contributed by atoms with Crippen LogP contribution in [0, 0.1) is 46.0 Å². The summed E-state index contributed by atoms with van der Waals surface area (Å²) in [5.74, 6) is 0. The summed E-state index contributed by atoms with van der Waals surface area (Å²) in [4.78, 5) is 24.8. The summed E-state index contributed by atoms with van der Waals surface area (Å²) in [6, 6.07) is 0. The average molecular weight is 441 g/mol. The Labute approximate surface area is 106 Å². The van der Waals surface area contributed by atoms with Crippen LogP contribution in [0.1, 0.15) is 6.92 Å². The molecule has 0 amide bonds. The number of nitrogens with zero attached hydrogens (tertiary/aromatic N) is 3. The van der Waals surface area contributed by atoms with E-state index >= 15 is 0 Å². The molecular weight excluding hydrogens is 435 g/mol. The van der Waals surface area contributed by atoms with Gasteiger partial charge in [-0.05, 0) is 6.92 Å². The van der Waals surface area contributed by atoms with E-state index in [2.05, 4.69) is 0 Å². The van der Waals surface area contributed by atoms with Gasteiger partial charge in [-0.25, -0.2) is 0 Å². The standard InChI is InChI=1S/C2H6O.Bi.3NO3/c1-2-3;;3*2-1(3)4/h3H,2H2,1H3;;;;/q;+3;3*-1. The fraction of sp³-hybridized carbons (Fsp3) is 1.00. The molecule has 0 aliphatic carbocycles. The largest absolute Gasteiger partial charge is 3.00 e. The molecule has 0 unspecified atom stereocenters. The van der Waals surface area contributed by atoms with Gasteiger partial charge in [-0.15, -0.1) is 0 Å². The number of aliphatic hydroxyl groups excluding tert-OH is 1. The minimum absolute atomic E-state index is 0. The Hall–Kier alpha value is -1.56. The van der Waals surface area contributed by atoms with Gasteiger partial charge in [-0.2, -0.15) is 0 Å². The summed E-state index contributed by atoms with van der Waals surface area (Å²) < 4.78 is 0. The first-order valence-corrected chi connectivity index (χ1v) is 2.67. The Morgan fingerprint density at radius 2 is 0.812 bits per heavy atom. The van der Waals surface area contributed by atoms with Crippen molar-refractivity contribution in [1.82, 2.24) is 0 Å². The maximum atomic E-state index is 8.25. The van der Waals surface area contributed by atoms with Crippen LogP contribution in [0.25, 0.3) is 0 Å². The van der Waals surface area contributed by atoms with Crippen molar-refractivity contribution in [3.63, 3.8) is 0 Å². The van der Waals surface area contributed by atoms with Crippen LogP contribution >= 0.6 is 0 Å². The van der Waals surface area contributed by atoms with Gasteiger partial charge in [0.15, 0.2) is 0 Å². The third-order valence-electron chi connectivity index (χ3n) is 0. The van der Waals surface area contributed by atoms with Crippen LogP contribution in [0.5, 0.6) is 0 Å². The molecule has 16 heavy (non-hydrogen) atoms. The second-order valence-electron chi connectivity index (χ2n) is 0.987. The minimum Gasteiger partial charge on any atom is -0.397 e. The molecule has 0 fully saturated rings. The summed E-state index contributed by atoms with van der Waals surface area (Å²) in [6.45, 7) is 1.93. The van der Waals surface area contributed by atoms with Crippen molar-refractivity contribution in [2.45, 2.75) is 6.92 Å². The summed E-state index contributed by atoms with van der Waals surface area (Å²) in [6.07, 6.45) is 0. The van der Waals surface area contributed by atoms with E-state index in [1.807, 2.05) is 0 Å².